The molecule has 1 rings (SSSR count). The van der Waals surface area contributed by atoms with Crippen molar-refractivity contribution in [1.29, 1.82) is 0 Å². The molecule has 5 nitrogen and oxygen atoms in total. The zero-order chi connectivity index (χ0) is 15.5. The van der Waals surface area contributed by atoms with Gasteiger partial charge in [0, 0.05) is 18.9 Å². The molecule has 0 radical (unpaired) electrons. The molecule has 1 aliphatic carbocycles. The molecule has 1 fully saturated rings. The third-order valence-electron chi connectivity index (χ3n) is 3.77. The van der Waals surface area contributed by atoms with Gasteiger partial charge >= 0.3 is 5.97 Å². The number of hydrogen-bond acceptors (Lipinski definition) is 4. The number of carboxylic acids is 1. The van der Waals surface area contributed by atoms with Crippen molar-refractivity contribution in [3.8, 4) is 0 Å². The first-order chi connectivity index (χ1) is 10.1. The van der Waals surface area contributed by atoms with Crippen molar-refractivity contribution in [1.82, 2.24) is 0 Å². The van der Waals surface area contributed by atoms with Gasteiger partial charge in [-0.2, -0.15) is 0 Å². The van der Waals surface area contributed by atoms with Crippen LogP contribution in [0.25, 0.3) is 0 Å². The highest BCUT2D eigenvalue weighted by Gasteiger charge is 2.32. The lowest BCUT2D eigenvalue weighted by molar-refractivity contribution is -0.142. The number of carboxylic acid groups (broad SMARTS) is 1. The number of carbonyl (C=O) groups is 2. The van der Waals surface area contributed by atoms with Crippen LogP contribution in [0, 0.1) is 11.8 Å². The predicted octanol–water partition coefficient (Wildman–Crippen LogP) is 2.45. The van der Waals surface area contributed by atoms with Gasteiger partial charge < -0.3 is 14.6 Å². The molecule has 0 unspecified atom stereocenters. The van der Waals surface area contributed by atoms with E-state index in [0.29, 0.717) is 37.9 Å². The van der Waals surface area contributed by atoms with Crippen LogP contribution < -0.4 is 0 Å². The maximum atomic E-state index is 11.9. The number of hydrogen-bond donors (Lipinski definition) is 1. The summed E-state index contributed by atoms with van der Waals surface area (Å²) in [6.07, 6.45) is 8.61. The molecular formula is C16H26O5. The SMILES string of the molecule is CC/C=C\C[C@H]1C(=O)CC[C@@H]1CCOCCOCC(=O)O. The van der Waals surface area contributed by atoms with Crippen LogP contribution in [-0.4, -0.2) is 43.3 Å². The van der Waals surface area contributed by atoms with Crippen molar-refractivity contribution in [3.63, 3.8) is 0 Å². The smallest absolute Gasteiger partial charge is 0.329 e. The second-order valence-corrected chi connectivity index (χ2v) is 5.33. The number of carbonyl (C=O) groups excluding carboxylic acids is 1. The van der Waals surface area contributed by atoms with Gasteiger partial charge in [-0.15, -0.1) is 0 Å². The quantitative estimate of drug-likeness (QED) is 0.468. The third-order valence-corrected chi connectivity index (χ3v) is 3.77. The van der Waals surface area contributed by atoms with Gasteiger partial charge in [0.15, 0.2) is 0 Å². The van der Waals surface area contributed by atoms with Gasteiger partial charge in [-0.3, -0.25) is 4.79 Å². The lowest BCUT2D eigenvalue weighted by Gasteiger charge is -2.16. The monoisotopic (exact) mass is 298 g/mol. The van der Waals surface area contributed by atoms with E-state index in [9.17, 15) is 9.59 Å². The number of Topliss-reactive ketones (excluding diaryl/α,β-unsaturated/α-hetero) is 1. The molecule has 0 heterocycles. The molecule has 1 saturated carbocycles. The normalized spacial score (nSPS) is 22.2. The molecule has 0 amide bonds. The highest BCUT2D eigenvalue weighted by molar-refractivity contribution is 5.83. The minimum Gasteiger partial charge on any atom is -0.480 e. The summed E-state index contributed by atoms with van der Waals surface area (Å²) in [6, 6.07) is 0. The number of rotatable bonds is 11. The first kappa shape index (κ1) is 17.9. The molecule has 2 atom stereocenters. The van der Waals surface area contributed by atoms with E-state index in [1.54, 1.807) is 0 Å². The zero-order valence-corrected chi connectivity index (χ0v) is 12.8. The Kier molecular flexibility index (Phi) is 8.94. The van der Waals surface area contributed by atoms with E-state index in [1.165, 1.54) is 0 Å². The van der Waals surface area contributed by atoms with Crippen molar-refractivity contribution < 1.29 is 24.2 Å². The van der Waals surface area contributed by atoms with Gasteiger partial charge in [-0.05, 0) is 31.6 Å². The molecule has 0 aliphatic heterocycles. The largest absolute Gasteiger partial charge is 0.480 e. The van der Waals surface area contributed by atoms with Crippen LogP contribution >= 0.6 is 0 Å². The van der Waals surface area contributed by atoms with Gasteiger partial charge in [-0.1, -0.05) is 19.1 Å². The van der Waals surface area contributed by atoms with Gasteiger partial charge in [0.1, 0.15) is 12.4 Å². The van der Waals surface area contributed by atoms with Crippen LogP contribution in [0.15, 0.2) is 12.2 Å². The van der Waals surface area contributed by atoms with Crippen LogP contribution in [0.2, 0.25) is 0 Å². The fraction of sp³-hybridized carbons (Fsp3) is 0.750. The Morgan fingerprint density at radius 2 is 2.05 bits per heavy atom. The summed E-state index contributed by atoms with van der Waals surface area (Å²) in [6.45, 7) is 3.09. The predicted molar refractivity (Wildman–Crippen MR) is 79.2 cm³/mol. The van der Waals surface area contributed by atoms with Crippen molar-refractivity contribution in [3.05, 3.63) is 12.2 Å². The average Bonchev–Trinajstić information content (AvgIpc) is 2.79. The number of aliphatic carboxylic acids is 1. The van der Waals surface area contributed by atoms with Gasteiger partial charge in [-0.25, -0.2) is 4.79 Å². The molecule has 0 aromatic rings. The summed E-state index contributed by atoms with van der Waals surface area (Å²) < 4.78 is 10.3. The number of ketones is 1. The highest BCUT2D eigenvalue weighted by Crippen LogP contribution is 2.34. The summed E-state index contributed by atoms with van der Waals surface area (Å²) in [5.41, 5.74) is 0. The molecular weight excluding hydrogens is 272 g/mol. The lowest BCUT2D eigenvalue weighted by atomic mass is 9.90. The molecule has 0 saturated heterocycles. The summed E-state index contributed by atoms with van der Waals surface area (Å²) >= 11 is 0. The van der Waals surface area contributed by atoms with Crippen LogP contribution in [0.5, 0.6) is 0 Å². The summed E-state index contributed by atoms with van der Waals surface area (Å²) in [7, 11) is 0. The van der Waals surface area contributed by atoms with Crippen molar-refractivity contribution in [2.75, 3.05) is 26.4 Å². The van der Waals surface area contributed by atoms with Crippen molar-refractivity contribution >= 4 is 11.8 Å². The Bertz CT molecular complexity index is 351. The summed E-state index contributed by atoms with van der Waals surface area (Å²) in [5.74, 6) is -0.0217. The van der Waals surface area contributed by atoms with Gasteiger partial charge in [0.25, 0.3) is 0 Å². The minimum atomic E-state index is -0.970. The van der Waals surface area contributed by atoms with E-state index in [2.05, 4.69) is 19.1 Å². The fourth-order valence-corrected chi connectivity index (χ4v) is 2.67. The fourth-order valence-electron chi connectivity index (χ4n) is 2.67. The highest BCUT2D eigenvalue weighted by atomic mass is 16.5. The van der Waals surface area contributed by atoms with Crippen LogP contribution in [0.3, 0.4) is 0 Å². The molecule has 0 spiro atoms. The minimum absolute atomic E-state index is 0.152. The standard InChI is InChI=1S/C16H26O5/c1-2-3-4-5-14-13(6-7-15(14)17)8-9-20-10-11-21-12-16(18)19/h3-4,13-14H,2,5-12H2,1H3,(H,18,19)/b4-3-/t13-,14-/m1/s1. The topological polar surface area (TPSA) is 72.8 Å². The Morgan fingerprint density at radius 3 is 2.76 bits per heavy atom. The first-order valence-corrected chi connectivity index (χ1v) is 7.70. The Hall–Kier alpha value is -1.20. The molecule has 1 N–H and O–H groups in total. The van der Waals surface area contributed by atoms with Crippen LogP contribution in [0.1, 0.15) is 39.0 Å². The maximum absolute atomic E-state index is 11.9. The van der Waals surface area contributed by atoms with E-state index < -0.39 is 5.97 Å². The van der Waals surface area contributed by atoms with E-state index in [4.69, 9.17) is 14.6 Å². The summed E-state index contributed by atoms with van der Waals surface area (Å²) in [4.78, 5) is 22.1. The lowest BCUT2D eigenvalue weighted by Crippen LogP contribution is -2.17. The summed E-state index contributed by atoms with van der Waals surface area (Å²) in [5, 5.41) is 8.40. The second kappa shape index (κ2) is 10.5. The molecule has 120 valence electrons. The van der Waals surface area contributed by atoms with E-state index in [1.807, 2.05) is 0 Å². The van der Waals surface area contributed by atoms with Crippen LogP contribution in [0.4, 0.5) is 0 Å². The molecule has 0 bridgehead atoms. The molecule has 0 aromatic heterocycles. The number of allylic oxidation sites excluding steroid dienone is 2. The Morgan fingerprint density at radius 1 is 1.29 bits per heavy atom. The Labute approximate surface area is 126 Å². The number of ether oxygens (including phenoxy) is 2. The van der Waals surface area contributed by atoms with E-state index in [0.717, 1.165) is 25.7 Å². The molecule has 21 heavy (non-hydrogen) atoms. The molecule has 0 aromatic carbocycles. The third kappa shape index (κ3) is 7.39. The van der Waals surface area contributed by atoms with Crippen molar-refractivity contribution in [2.24, 2.45) is 11.8 Å². The van der Waals surface area contributed by atoms with Crippen molar-refractivity contribution in [2.45, 2.75) is 39.0 Å². The maximum Gasteiger partial charge on any atom is 0.329 e. The second-order valence-electron chi connectivity index (χ2n) is 5.33. The average molecular weight is 298 g/mol. The molecule has 5 heteroatoms. The zero-order valence-electron chi connectivity index (χ0n) is 12.8. The Balaban J connectivity index is 2.13. The van der Waals surface area contributed by atoms with E-state index >= 15 is 0 Å². The van der Waals surface area contributed by atoms with Gasteiger partial charge in [0.2, 0.25) is 0 Å². The van der Waals surface area contributed by atoms with Crippen LogP contribution in [-0.2, 0) is 19.1 Å². The first-order valence-electron chi connectivity index (χ1n) is 7.70. The van der Waals surface area contributed by atoms with E-state index in [-0.39, 0.29) is 12.5 Å². The van der Waals surface area contributed by atoms with Gasteiger partial charge in [0.05, 0.1) is 13.2 Å². The molecule has 1 aliphatic rings.